The highest BCUT2D eigenvalue weighted by atomic mass is 35.5. The molecule has 29 heavy (non-hydrogen) atoms. The van der Waals surface area contributed by atoms with E-state index in [1.807, 2.05) is 12.1 Å². The topological polar surface area (TPSA) is 44.8 Å². The Labute approximate surface area is 182 Å². The van der Waals surface area contributed by atoms with E-state index in [0.717, 1.165) is 12.8 Å². The Morgan fingerprint density at radius 2 is 1.41 bits per heavy atom. The second kappa shape index (κ2) is 9.70. The first-order valence-electron chi connectivity index (χ1n) is 10.4. The number of benzene rings is 1. The van der Waals surface area contributed by atoms with Gasteiger partial charge in [0.05, 0.1) is 12.2 Å². The first kappa shape index (κ1) is 25.8. The molecule has 4 nitrogen and oxygen atoms in total. The fourth-order valence-corrected chi connectivity index (χ4v) is 4.66. The van der Waals surface area contributed by atoms with Gasteiger partial charge in [0, 0.05) is 17.4 Å². The third-order valence-corrected chi connectivity index (χ3v) is 7.67. The van der Waals surface area contributed by atoms with Crippen molar-refractivity contribution in [3.05, 3.63) is 29.8 Å². The third-order valence-electron chi connectivity index (χ3n) is 7.26. The van der Waals surface area contributed by atoms with Gasteiger partial charge < -0.3 is 14.2 Å². The summed E-state index contributed by atoms with van der Waals surface area (Å²) in [5.74, 6) is 0.350. The molecule has 0 aliphatic heterocycles. The molecule has 2 atom stereocenters. The van der Waals surface area contributed by atoms with Gasteiger partial charge in [-0.1, -0.05) is 27.7 Å². The van der Waals surface area contributed by atoms with Gasteiger partial charge in [0.2, 0.25) is 0 Å². The Morgan fingerprint density at radius 3 is 1.83 bits per heavy atom. The molecule has 1 rings (SSSR count). The lowest BCUT2D eigenvalue weighted by Crippen LogP contribution is -2.60. The van der Waals surface area contributed by atoms with E-state index in [1.54, 1.807) is 19.2 Å². The molecule has 2 unspecified atom stereocenters. The van der Waals surface area contributed by atoms with Crippen molar-refractivity contribution in [2.45, 2.75) is 78.7 Å². The minimum atomic E-state index is -0.487. The van der Waals surface area contributed by atoms with E-state index in [-0.39, 0.29) is 23.4 Å². The van der Waals surface area contributed by atoms with Crippen molar-refractivity contribution in [3.8, 4) is 5.75 Å². The Bertz CT molecular complexity index is 662. The maximum absolute atomic E-state index is 12.1. The van der Waals surface area contributed by atoms with Crippen LogP contribution in [0.5, 0.6) is 5.75 Å². The number of esters is 1. The van der Waals surface area contributed by atoms with Crippen LogP contribution in [-0.4, -0.2) is 36.8 Å². The molecule has 0 spiro atoms. The van der Waals surface area contributed by atoms with Crippen LogP contribution < -0.4 is 4.74 Å². The highest BCUT2D eigenvalue weighted by Crippen LogP contribution is 2.59. The zero-order valence-electron chi connectivity index (χ0n) is 19.6. The molecule has 0 fully saturated rings. The molecular formula is C24H39ClO4. The maximum Gasteiger partial charge on any atom is 0.338 e. The largest absolute Gasteiger partial charge is 0.487 e. The minimum absolute atomic E-state index is 0.162. The molecule has 1 aromatic rings. The number of ether oxygens (including phenoxy) is 3. The van der Waals surface area contributed by atoms with Crippen molar-refractivity contribution in [1.82, 2.24) is 0 Å². The molecule has 0 saturated carbocycles. The lowest BCUT2D eigenvalue weighted by molar-refractivity contribution is -0.120. The number of hydrogen-bond donors (Lipinski definition) is 0. The van der Waals surface area contributed by atoms with Crippen LogP contribution in [0, 0.1) is 10.8 Å². The summed E-state index contributed by atoms with van der Waals surface area (Å²) in [4.78, 5) is 11.7. The molecule has 0 radical (unpaired) electrons. The monoisotopic (exact) mass is 426 g/mol. The summed E-state index contributed by atoms with van der Waals surface area (Å²) in [5.41, 5.74) is -0.355. The summed E-state index contributed by atoms with van der Waals surface area (Å²) in [6.07, 6.45) is 1.86. The number of hydrogen-bond acceptors (Lipinski definition) is 4. The molecule has 0 aliphatic carbocycles. The van der Waals surface area contributed by atoms with E-state index < -0.39 is 10.5 Å². The molecular weight excluding hydrogens is 388 g/mol. The van der Waals surface area contributed by atoms with E-state index in [1.165, 1.54) is 0 Å². The predicted octanol–water partition coefficient (Wildman–Crippen LogP) is 6.50. The molecule has 0 saturated heterocycles. The zero-order chi connectivity index (χ0) is 22.5. The van der Waals surface area contributed by atoms with Crippen molar-refractivity contribution >= 4 is 17.6 Å². The van der Waals surface area contributed by atoms with E-state index in [2.05, 4.69) is 55.4 Å². The quantitative estimate of drug-likeness (QED) is 0.230. The van der Waals surface area contributed by atoms with Gasteiger partial charge in [-0.3, -0.25) is 0 Å². The highest BCUT2D eigenvalue weighted by molar-refractivity contribution is 6.24. The number of methoxy groups -OCH3 is 1. The molecule has 0 bridgehead atoms. The van der Waals surface area contributed by atoms with Crippen LogP contribution in [0.4, 0.5) is 0 Å². The van der Waals surface area contributed by atoms with Gasteiger partial charge in [-0.15, -0.1) is 11.6 Å². The normalized spacial score (nSPS) is 16.6. The fraction of sp³-hybridized carbons (Fsp3) is 0.708. The standard InChI is InChI=1S/C24H39ClO4/c1-10-23(7,21(3,4)25)24(8,11-2)22(5,6)29-19-14-12-18(13-15-19)20(26)28-17-16-27-9/h12-15H,10-11,16-17H2,1-9H3. The average Bonchev–Trinajstić information content (AvgIpc) is 2.65. The Morgan fingerprint density at radius 1 is 0.897 bits per heavy atom. The van der Waals surface area contributed by atoms with Crippen LogP contribution >= 0.6 is 11.6 Å². The van der Waals surface area contributed by atoms with Crippen molar-refractivity contribution < 1.29 is 19.0 Å². The number of halogens is 1. The molecule has 0 N–H and O–H groups in total. The lowest BCUT2D eigenvalue weighted by atomic mass is 9.51. The van der Waals surface area contributed by atoms with Crippen molar-refractivity contribution in [2.24, 2.45) is 10.8 Å². The second-order valence-corrected chi connectivity index (χ2v) is 10.1. The molecule has 0 aromatic heterocycles. The van der Waals surface area contributed by atoms with Crippen LogP contribution in [-0.2, 0) is 9.47 Å². The summed E-state index contributed by atoms with van der Waals surface area (Å²) in [5, 5.41) is 0. The van der Waals surface area contributed by atoms with Crippen LogP contribution in [0.15, 0.2) is 24.3 Å². The van der Waals surface area contributed by atoms with Gasteiger partial charge in [-0.2, -0.15) is 0 Å². The van der Waals surface area contributed by atoms with Gasteiger partial charge in [0.25, 0.3) is 0 Å². The SMILES string of the molecule is CCC(C)(C(C)(C)Cl)C(C)(CC)C(C)(C)Oc1ccc(C(=O)OCCOC)cc1. The van der Waals surface area contributed by atoms with Gasteiger partial charge in [0.1, 0.15) is 18.0 Å². The fourth-order valence-electron chi connectivity index (χ4n) is 4.31. The highest BCUT2D eigenvalue weighted by Gasteiger charge is 2.58. The van der Waals surface area contributed by atoms with Gasteiger partial charge in [-0.25, -0.2) is 4.79 Å². The Hall–Kier alpha value is -1.26. The number of rotatable bonds is 11. The Balaban J connectivity index is 3.09. The summed E-state index contributed by atoms with van der Waals surface area (Å²) < 4.78 is 16.6. The van der Waals surface area contributed by atoms with Crippen LogP contribution in [0.2, 0.25) is 0 Å². The van der Waals surface area contributed by atoms with Gasteiger partial charge in [-0.05, 0) is 70.2 Å². The predicted molar refractivity (Wildman–Crippen MR) is 120 cm³/mol. The second-order valence-electron chi connectivity index (χ2n) is 9.11. The molecule has 166 valence electrons. The van der Waals surface area contributed by atoms with Crippen molar-refractivity contribution in [3.63, 3.8) is 0 Å². The molecule has 1 aromatic carbocycles. The number of alkyl halides is 1. The van der Waals surface area contributed by atoms with Crippen molar-refractivity contribution in [1.29, 1.82) is 0 Å². The summed E-state index contributed by atoms with van der Waals surface area (Å²) in [7, 11) is 1.57. The summed E-state index contributed by atoms with van der Waals surface area (Å²) in [6.45, 7) is 18.0. The molecule has 0 amide bonds. The summed E-state index contributed by atoms with van der Waals surface area (Å²) in [6, 6.07) is 7.10. The van der Waals surface area contributed by atoms with Crippen molar-refractivity contribution in [2.75, 3.05) is 20.3 Å². The van der Waals surface area contributed by atoms with E-state index in [9.17, 15) is 4.79 Å². The third kappa shape index (κ3) is 5.27. The first-order chi connectivity index (χ1) is 13.3. The van der Waals surface area contributed by atoms with Crippen LogP contribution in [0.3, 0.4) is 0 Å². The van der Waals surface area contributed by atoms with Crippen LogP contribution in [0.25, 0.3) is 0 Å². The zero-order valence-corrected chi connectivity index (χ0v) is 20.4. The number of carbonyl (C=O) groups is 1. The molecule has 0 aliphatic rings. The summed E-state index contributed by atoms with van der Waals surface area (Å²) >= 11 is 6.90. The Kier molecular flexibility index (Phi) is 8.62. The molecule has 0 heterocycles. The van der Waals surface area contributed by atoms with Gasteiger partial charge >= 0.3 is 5.97 Å². The van der Waals surface area contributed by atoms with E-state index >= 15 is 0 Å². The maximum atomic E-state index is 12.1. The van der Waals surface area contributed by atoms with Crippen LogP contribution in [0.1, 0.15) is 78.6 Å². The van der Waals surface area contributed by atoms with Gasteiger partial charge in [0.15, 0.2) is 0 Å². The number of carbonyl (C=O) groups excluding carboxylic acids is 1. The van der Waals surface area contributed by atoms with E-state index in [0.29, 0.717) is 17.9 Å². The smallest absolute Gasteiger partial charge is 0.338 e. The minimum Gasteiger partial charge on any atom is -0.487 e. The van der Waals surface area contributed by atoms with E-state index in [4.69, 9.17) is 25.8 Å². The molecule has 5 heteroatoms. The average molecular weight is 427 g/mol. The lowest BCUT2D eigenvalue weighted by Gasteiger charge is -2.59. The first-order valence-corrected chi connectivity index (χ1v) is 10.8.